The third kappa shape index (κ3) is 10.7. The first-order chi connectivity index (χ1) is 19.4. The van der Waals surface area contributed by atoms with Gasteiger partial charge in [-0.05, 0) is 71.9 Å². The second kappa shape index (κ2) is 16.6. The van der Waals surface area contributed by atoms with Crippen LogP contribution >= 0.6 is 11.8 Å². The number of hydrogen-bond donors (Lipinski definition) is 3. The van der Waals surface area contributed by atoms with E-state index in [9.17, 15) is 34.2 Å². The van der Waals surface area contributed by atoms with E-state index in [0.717, 1.165) is 25.7 Å². The first-order valence-corrected chi connectivity index (χ1v) is 14.8. The van der Waals surface area contributed by atoms with Gasteiger partial charge in [0.15, 0.2) is 0 Å². The van der Waals surface area contributed by atoms with Crippen molar-refractivity contribution in [1.82, 2.24) is 10.2 Å². The summed E-state index contributed by atoms with van der Waals surface area (Å²) in [6, 6.07) is 3.33. The van der Waals surface area contributed by atoms with E-state index >= 15 is 0 Å². The van der Waals surface area contributed by atoms with Crippen LogP contribution < -0.4 is 5.32 Å². The zero-order valence-electron chi connectivity index (χ0n) is 24.1. The number of carbonyl (C=O) groups excluding carboxylic acids is 3. The van der Waals surface area contributed by atoms with Gasteiger partial charge in [-0.3, -0.25) is 19.3 Å². The minimum atomic E-state index is -1.55. The number of thioether (sulfide) groups is 1. The Balaban J connectivity index is 1.81. The van der Waals surface area contributed by atoms with Crippen LogP contribution in [-0.4, -0.2) is 68.4 Å². The van der Waals surface area contributed by atoms with E-state index in [1.807, 2.05) is 6.92 Å². The monoisotopic (exact) mass is 584 g/mol. The molecule has 1 aliphatic heterocycles. The molecule has 1 aromatic carbocycles. The van der Waals surface area contributed by atoms with Crippen molar-refractivity contribution in [3.05, 3.63) is 70.3 Å². The van der Waals surface area contributed by atoms with Crippen molar-refractivity contribution in [2.45, 2.75) is 78.3 Å². The highest BCUT2D eigenvalue weighted by Crippen LogP contribution is 2.26. The lowest BCUT2D eigenvalue weighted by atomic mass is 10.1. The fraction of sp³-hybridized carbons (Fsp3) is 0.452. The molecule has 0 aromatic heterocycles. The Morgan fingerprint density at radius 2 is 1.41 bits per heavy atom. The molecule has 10 heteroatoms. The van der Waals surface area contributed by atoms with Crippen LogP contribution in [0.4, 0.5) is 0 Å². The molecular weight excluding hydrogens is 544 g/mol. The maximum absolute atomic E-state index is 12.7. The lowest BCUT2D eigenvalue weighted by Gasteiger charge is -2.22. The number of rotatable bonds is 17. The average molecular weight is 585 g/mol. The lowest BCUT2D eigenvalue weighted by molar-refractivity contribution is -0.143. The summed E-state index contributed by atoms with van der Waals surface area (Å²) in [7, 11) is 0. The largest absolute Gasteiger partial charge is 0.480 e. The summed E-state index contributed by atoms with van der Waals surface area (Å²) >= 11 is 1.37. The summed E-state index contributed by atoms with van der Waals surface area (Å²) in [5.41, 5.74) is 4.12. The van der Waals surface area contributed by atoms with E-state index in [2.05, 4.69) is 44.3 Å². The van der Waals surface area contributed by atoms with E-state index in [4.69, 9.17) is 0 Å². The molecule has 0 aliphatic carbocycles. The number of amides is 3. The lowest BCUT2D eigenvalue weighted by Crippen LogP contribution is -2.46. The summed E-state index contributed by atoms with van der Waals surface area (Å²) in [5.74, 6) is -4.02. The Morgan fingerprint density at radius 1 is 0.854 bits per heavy atom. The van der Waals surface area contributed by atoms with Gasteiger partial charge in [0.05, 0.1) is 11.1 Å². The molecule has 0 fully saturated rings. The number of imide groups is 1. The van der Waals surface area contributed by atoms with Crippen molar-refractivity contribution in [2.24, 2.45) is 0 Å². The van der Waals surface area contributed by atoms with Crippen LogP contribution in [0.2, 0.25) is 0 Å². The van der Waals surface area contributed by atoms with Gasteiger partial charge in [0.2, 0.25) is 5.91 Å². The summed E-state index contributed by atoms with van der Waals surface area (Å²) in [6.45, 7) is 8.37. The molecule has 3 amide bonds. The van der Waals surface area contributed by atoms with Crippen molar-refractivity contribution in [1.29, 1.82) is 0 Å². The number of carbonyl (C=O) groups is 5. The zero-order chi connectivity index (χ0) is 30.5. The Hall–Kier alpha value is -3.66. The summed E-state index contributed by atoms with van der Waals surface area (Å²) in [4.78, 5) is 62.1. The van der Waals surface area contributed by atoms with Gasteiger partial charge in [0, 0.05) is 17.9 Å². The third-order valence-corrected chi connectivity index (χ3v) is 7.63. The van der Waals surface area contributed by atoms with E-state index < -0.39 is 41.7 Å². The number of aliphatic carboxylic acids is 2. The molecule has 0 spiro atoms. The molecular formula is C31H40N2O7S. The van der Waals surface area contributed by atoms with Gasteiger partial charge < -0.3 is 15.5 Å². The number of nitrogens with zero attached hydrogens (tertiary/aromatic N) is 1. The van der Waals surface area contributed by atoms with Crippen molar-refractivity contribution in [2.75, 3.05) is 11.5 Å². The number of fused-ring (bicyclic) bond motifs is 1. The Labute approximate surface area is 245 Å². The number of benzene rings is 1. The molecule has 0 bridgehead atoms. The molecule has 1 unspecified atom stereocenters. The molecule has 1 heterocycles. The molecule has 1 aromatic rings. The van der Waals surface area contributed by atoms with Crippen LogP contribution in [0, 0.1) is 0 Å². The predicted octanol–water partition coefficient (Wildman–Crippen LogP) is 5.24. The quantitative estimate of drug-likeness (QED) is 0.128. The van der Waals surface area contributed by atoms with Gasteiger partial charge >= 0.3 is 11.9 Å². The fourth-order valence-electron chi connectivity index (χ4n) is 4.29. The number of allylic oxidation sites excluding steroid dienone is 5. The Bertz CT molecular complexity index is 1200. The molecule has 9 nitrogen and oxygen atoms in total. The maximum atomic E-state index is 12.7. The molecule has 1 aliphatic rings. The summed E-state index contributed by atoms with van der Waals surface area (Å²) in [5, 5.41) is 21.6. The Kier molecular flexibility index (Phi) is 13.6. The number of carboxylic acids is 2. The number of hydrogen-bond acceptors (Lipinski definition) is 6. The summed E-state index contributed by atoms with van der Waals surface area (Å²) in [6.07, 6.45) is 9.79. The number of nitrogens with one attached hydrogen (secondary N) is 1. The van der Waals surface area contributed by atoms with Crippen LogP contribution in [0.25, 0.3) is 0 Å². The second-order valence-electron chi connectivity index (χ2n) is 10.4. The van der Waals surface area contributed by atoms with E-state index in [0.29, 0.717) is 10.7 Å². The van der Waals surface area contributed by atoms with Crippen LogP contribution in [0.1, 0.15) is 86.9 Å². The van der Waals surface area contributed by atoms with Crippen molar-refractivity contribution in [3.8, 4) is 0 Å². The molecule has 2 rings (SSSR count). The molecule has 0 saturated carbocycles. The standard InChI is InChI=1S/C31H40N2O7S/c1-20(2)9-7-10-21(3)11-8-12-22(4)17-18-41-19-25(30(37)38)32-27(34)16-15-26(31(39)40)33-28(35)23-13-5-6-14-24(23)29(33)36/h5-6,9,11,13-14,17,25-26H,7-8,10,12,15-16,18-19H2,1-4H3,(H,32,34)(H,37,38)(H,39,40)/b21-11+,22-17+/t25-,26?/m0/s1. The van der Waals surface area contributed by atoms with Gasteiger partial charge in [-0.25, -0.2) is 9.59 Å². The molecule has 222 valence electrons. The molecule has 0 saturated heterocycles. The second-order valence-corrected chi connectivity index (χ2v) is 11.4. The van der Waals surface area contributed by atoms with Gasteiger partial charge in [0.1, 0.15) is 12.1 Å². The highest BCUT2D eigenvalue weighted by molar-refractivity contribution is 7.99. The number of carboxylic acid groups (broad SMARTS) is 2. The smallest absolute Gasteiger partial charge is 0.327 e. The van der Waals surface area contributed by atoms with E-state index in [-0.39, 0.29) is 29.7 Å². The van der Waals surface area contributed by atoms with E-state index in [1.165, 1.54) is 40.6 Å². The predicted molar refractivity (Wildman–Crippen MR) is 160 cm³/mol. The van der Waals surface area contributed by atoms with Crippen LogP contribution in [0.15, 0.2) is 59.2 Å². The van der Waals surface area contributed by atoms with Crippen molar-refractivity contribution < 1.29 is 34.2 Å². The highest BCUT2D eigenvalue weighted by Gasteiger charge is 2.42. The first-order valence-electron chi connectivity index (χ1n) is 13.7. The van der Waals surface area contributed by atoms with Crippen LogP contribution in [0.3, 0.4) is 0 Å². The average Bonchev–Trinajstić information content (AvgIpc) is 3.15. The van der Waals surface area contributed by atoms with Crippen molar-refractivity contribution >= 4 is 41.4 Å². The third-order valence-electron chi connectivity index (χ3n) is 6.66. The molecule has 2 atom stereocenters. The highest BCUT2D eigenvalue weighted by atomic mass is 32.2. The van der Waals surface area contributed by atoms with E-state index in [1.54, 1.807) is 12.1 Å². The van der Waals surface area contributed by atoms with Crippen LogP contribution in [0.5, 0.6) is 0 Å². The fourth-order valence-corrected chi connectivity index (χ4v) is 5.29. The molecule has 41 heavy (non-hydrogen) atoms. The maximum Gasteiger partial charge on any atom is 0.327 e. The first kappa shape index (κ1) is 33.5. The van der Waals surface area contributed by atoms with Gasteiger partial charge in [-0.2, -0.15) is 11.8 Å². The normalized spacial score (nSPS) is 14.9. The van der Waals surface area contributed by atoms with Gasteiger partial charge in [0.25, 0.3) is 11.8 Å². The topological polar surface area (TPSA) is 141 Å². The van der Waals surface area contributed by atoms with Crippen molar-refractivity contribution in [3.63, 3.8) is 0 Å². The molecule has 0 radical (unpaired) electrons. The summed E-state index contributed by atoms with van der Waals surface area (Å²) < 4.78 is 0. The van der Waals surface area contributed by atoms with Crippen LogP contribution in [-0.2, 0) is 14.4 Å². The Morgan fingerprint density at radius 3 is 1.95 bits per heavy atom. The minimum Gasteiger partial charge on any atom is -0.480 e. The minimum absolute atomic E-state index is 0.113. The zero-order valence-corrected chi connectivity index (χ0v) is 25.0. The molecule has 3 N–H and O–H groups in total. The van der Waals surface area contributed by atoms with Gasteiger partial charge in [-0.1, -0.05) is 47.1 Å². The SMILES string of the molecule is CC(C)=CCC/C(C)=C/CC/C(C)=C/CSC[C@H](NC(=O)CCC(C(=O)O)N1C(=O)c2ccccc2C1=O)C(=O)O. The van der Waals surface area contributed by atoms with Gasteiger partial charge in [-0.15, -0.1) is 0 Å².